The second kappa shape index (κ2) is 29.6. The fourth-order valence-electron chi connectivity index (χ4n) is 21.9. The minimum Gasteiger partial charge on any atom is -0.455 e. The monoisotopic (exact) mass is 1750 g/mol. The molecule has 0 bridgehead atoms. The van der Waals surface area contributed by atoms with Crippen LogP contribution >= 0.6 is 11.3 Å². The van der Waals surface area contributed by atoms with Gasteiger partial charge in [0.25, 0.3) is 0 Å². The third kappa shape index (κ3) is 11.1. The molecule has 136 heavy (non-hydrogen) atoms. The van der Waals surface area contributed by atoms with E-state index in [1.807, 2.05) is 78.8 Å². The van der Waals surface area contributed by atoms with E-state index in [4.69, 9.17) is 38.7 Å². The van der Waals surface area contributed by atoms with Crippen LogP contribution in [0.3, 0.4) is 0 Å². The van der Waals surface area contributed by atoms with E-state index in [0.717, 1.165) is 213 Å². The van der Waals surface area contributed by atoms with Crippen LogP contribution in [0, 0.1) is 0 Å². The highest BCUT2D eigenvalue weighted by Gasteiger charge is 2.31. The van der Waals surface area contributed by atoms with E-state index < -0.39 is 0 Å². The van der Waals surface area contributed by atoms with Crippen molar-refractivity contribution < 1.29 is 8.83 Å². The molecule has 12 heterocycles. The van der Waals surface area contributed by atoms with Gasteiger partial charge in [-0.3, -0.25) is 28.7 Å². The number of thiophene rings is 1. The van der Waals surface area contributed by atoms with Gasteiger partial charge in [0.2, 0.25) is 17.8 Å². The number of nitrogens with zero attached hydrogens (tertiary/aromatic N) is 12. The lowest BCUT2D eigenvalue weighted by Crippen LogP contribution is -2.04. The highest BCUT2D eigenvalue weighted by molar-refractivity contribution is 7.27. The molecule has 0 spiro atoms. The molecule has 14 nitrogen and oxygen atoms in total. The van der Waals surface area contributed by atoms with Crippen LogP contribution < -0.4 is 0 Å². The van der Waals surface area contributed by atoms with E-state index in [0.29, 0.717) is 17.8 Å². The third-order valence-corrected chi connectivity index (χ3v) is 28.8. The van der Waals surface area contributed by atoms with Gasteiger partial charge in [-0.1, -0.05) is 309 Å². The van der Waals surface area contributed by atoms with Crippen LogP contribution in [0.4, 0.5) is 0 Å². The smallest absolute Gasteiger partial charge is 0.235 e. The molecule has 0 aliphatic carbocycles. The average Bonchev–Trinajstić information content (AvgIpc) is 1.54. The number of para-hydroxylation sites is 5. The number of hydrogen-bond acceptors (Lipinski definition) is 12. The first-order valence-corrected chi connectivity index (χ1v) is 46.3. The molecular weight excluding hydrogens is 1690 g/mol. The quantitative estimate of drug-likeness (QED) is 0.146. The van der Waals surface area contributed by atoms with E-state index >= 15 is 0 Å². The minimum absolute atomic E-state index is 0.618. The van der Waals surface area contributed by atoms with Gasteiger partial charge < -0.3 is 8.83 Å². The van der Waals surface area contributed by atoms with Gasteiger partial charge in [-0.05, 0) is 115 Å². The summed E-state index contributed by atoms with van der Waals surface area (Å²) in [5.74, 6) is 1.91. The number of aromatic nitrogens is 12. The Balaban J connectivity index is 0.0000000990. The third-order valence-electron chi connectivity index (χ3n) is 27.6. The summed E-state index contributed by atoms with van der Waals surface area (Å²) in [5.41, 5.74) is 18.4. The lowest BCUT2D eigenvalue weighted by molar-refractivity contribution is 0.672. The van der Waals surface area contributed by atoms with Crippen LogP contribution in [-0.2, 0) is 0 Å². The molecule has 0 amide bonds. The Morgan fingerprint density at radius 2 is 0.588 bits per heavy atom. The zero-order valence-electron chi connectivity index (χ0n) is 72.4. The van der Waals surface area contributed by atoms with Gasteiger partial charge in [0.15, 0.2) is 0 Å². The summed E-state index contributed by atoms with van der Waals surface area (Å²) in [6.45, 7) is 0. The molecule has 31 aromatic rings. The van der Waals surface area contributed by atoms with Crippen molar-refractivity contribution in [1.82, 2.24) is 58.6 Å². The van der Waals surface area contributed by atoms with Crippen LogP contribution in [0.2, 0.25) is 0 Å². The molecule has 0 saturated carbocycles. The van der Waals surface area contributed by atoms with E-state index in [-0.39, 0.29) is 0 Å². The maximum atomic E-state index is 6.64. The number of hydrogen-bond donors (Lipinski definition) is 0. The lowest BCUT2D eigenvalue weighted by Gasteiger charge is -2.16. The number of pyridine rings is 3. The normalized spacial score (nSPS) is 12.1. The zero-order chi connectivity index (χ0) is 88.9. The van der Waals surface area contributed by atoms with E-state index in [1.165, 1.54) is 57.9 Å². The SMILES string of the molecule is c1ccc(-c2nc(-n3c4ccccc4c4c5ccncc5c5oc6ccccc6c5c43)nc3c2ccc2ccccc23)cc1.c1ccc(-c2nc(-n3c4ccccc4c4c5ccncc5c5oc6ccccc6c5c43)nc3c4ccccc4c4ccccc4c23)cc1.c1ccc(-c2nc(-n3c4ccccc4c4c5ccncc5c5sc6ccccc6c5c43)nc3ccc4ccccc4c23)cc1. The van der Waals surface area contributed by atoms with Gasteiger partial charge in [0.05, 0.1) is 77.5 Å². The summed E-state index contributed by atoms with van der Waals surface area (Å²) >= 11 is 1.83. The van der Waals surface area contributed by atoms with Crippen LogP contribution in [0.25, 0.3) is 289 Å². The van der Waals surface area contributed by atoms with Crippen LogP contribution in [0.15, 0.2) is 422 Å². The standard InChI is InChI=1S/C43H24N4O.C39H22N4O.C39H22N4S/c1-2-12-25(13-3-1)39-37-28-16-6-4-14-26(28)27-15-5-7-17-30(27)40(37)46-43(45-39)47-34-20-10-8-18-31(34)36-29-22-23-44-24-33(29)42-38(41(36)47)32-19-9-11-21-35(32)48-42;1-2-11-24(12-3-1)35-29-19-18-23-10-4-5-13-25(23)36(29)42-39(41-35)43-31-16-8-6-14-27(31)33-26-20-21-40-22-30(26)38-34(37(33)43)28-15-7-9-17-32(28)44-38;1-2-11-24(12-3-1)36-34-25-13-5-4-10-23(25)18-19-30(34)41-39(42-36)43-31-16-8-6-14-27(31)33-26-20-21-40-22-29(26)38-35(37(33)43)28-15-7-9-17-32(28)44-38/h1-24H;2*1-22H. The summed E-state index contributed by atoms with van der Waals surface area (Å²) in [6, 6.07) is 131. The molecule has 0 fully saturated rings. The second-order valence-electron chi connectivity index (χ2n) is 34.8. The Kier molecular flexibility index (Phi) is 16.4. The molecule has 0 saturated heterocycles. The summed E-state index contributed by atoms with van der Waals surface area (Å²) in [6.07, 6.45) is 11.5. The molecule has 0 unspecified atom stereocenters. The van der Waals surface area contributed by atoms with Gasteiger partial charge in [-0.15, -0.1) is 11.3 Å². The van der Waals surface area contributed by atoms with Crippen LogP contribution in [0.1, 0.15) is 0 Å². The van der Waals surface area contributed by atoms with Crippen molar-refractivity contribution in [2.45, 2.75) is 0 Å². The minimum atomic E-state index is 0.618. The lowest BCUT2D eigenvalue weighted by atomic mass is 9.94. The Labute approximate surface area is 775 Å². The molecule has 0 radical (unpaired) electrons. The fraction of sp³-hybridized carbons (Fsp3) is 0. The number of fused-ring (bicyclic) bond motifs is 42. The molecule has 630 valence electrons. The predicted octanol–water partition coefficient (Wildman–Crippen LogP) is 31.6. The zero-order valence-corrected chi connectivity index (χ0v) is 73.2. The predicted molar refractivity (Wildman–Crippen MR) is 561 cm³/mol. The van der Waals surface area contributed by atoms with Crippen molar-refractivity contribution in [3.05, 3.63) is 413 Å². The topological polar surface area (TPSA) is 157 Å². The van der Waals surface area contributed by atoms with Crippen molar-refractivity contribution in [3.8, 4) is 51.6 Å². The molecular formula is C121H68N12O2S. The van der Waals surface area contributed by atoms with E-state index in [2.05, 4.69) is 374 Å². The molecule has 31 rings (SSSR count). The Hall–Kier alpha value is -18.3. The largest absolute Gasteiger partial charge is 0.455 e. The molecule has 0 atom stereocenters. The molecule has 19 aromatic carbocycles. The van der Waals surface area contributed by atoms with Crippen LogP contribution in [0.5, 0.6) is 0 Å². The number of benzene rings is 19. The molecule has 12 aromatic heterocycles. The second-order valence-corrected chi connectivity index (χ2v) is 35.8. The Morgan fingerprint density at radius 1 is 0.213 bits per heavy atom. The van der Waals surface area contributed by atoms with Gasteiger partial charge in [-0.25, -0.2) is 29.9 Å². The summed E-state index contributed by atoms with van der Waals surface area (Å²) in [7, 11) is 0. The molecule has 0 aliphatic rings. The van der Waals surface area contributed by atoms with Crippen LogP contribution in [-0.4, -0.2) is 58.6 Å². The first-order valence-electron chi connectivity index (χ1n) is 45.5. The van der Waals surface area contributed by atoms with Gasteiger partial charge in [0.1, 0.15) is 22.3 Å². The fourth-order valence-corrected chi connectivity index (χ4v) is 23.1. The van der Waals surface area contributed by atoms with E-state index in [1.54, 1.807) is 0 Å². The van der Waals surface area contributed by atoms with Gasteiger partial charge in [-0.2, -0.15) is 0 Å². The van der Waals surface area contributed by atoms with Crippen molar-refractivity contribution >= 4 is 249 Å². The number of rotatable bonds is 6. The molecule has 0 aliphatic heterocycles. The van der Waals surface area contributed by atoms with Gasteiger partial charge in [0, 0.05) is 160 Å². The highest BCUT2D eigenvalue weighted by atomic mass is 32.1. The van der Waals surface area contributed by atoms with Crippen molar-refractivity contribution in [3.63, 3.8) is 0 Å². The first-order chi connectivity index (χ1) is 67.5. The van der Waals surface area contributed by atoms with Gasteiger partial charge >= 0.3 is 0 Å². The maximum absolute atomic E-state index is 6.64. The Bertz CT molecular complexity index is 10600. The molecule has 15 heteroatoms. The number of furan rings is 2. The Morgan fingerprint density at radius 3 is 1.14 bits per heavy atom. The summed E-state index contributed by atoms with van der Waals surface area (Å²) in [4.78, 5) is 46.2. The first kappa shape index (κ1) is 75.5. The highest BCUT2D eigenvalue weighted by Crippen LogP contribution is 2.53. The maximum Gasteiger partial charge on any atom is 0.235 e. The summed E-state index contributed by atoms with van der Waals surface area (Å²) in [5, 5.41) is 32.4. The summed E-state index contributed by atoms with van der Waals surface area (Å²) < 4.78 is 22.5. The van der Waals surface area contributed by atoms with Crippen molar-refractivity contribution in [2.24, 2.45) is 0 Å². The van der Waals surface area contributed by atoms with E-state index in [9.17, 15) is 0 Å². The average molecular weight is 1750 g/mol. The van der Waals surface area contributed by atoms with Crippen molar-refractivity contribution in [2.75, 3.05) is 0 Å². The van der Waals surface area contributed by atoms with Crippen molar-refractivity contribution in [1.29, 1.82) is 0 Å². The molecule has 0 N–H and O–H groups in total.